The number of nitrogens with one attached hydrogen (secondary N) is 2. The molecule has 9 nitrogen and oxygen atoms in total. The van der Waals surface area contributed by atoms with Gasteiger partial charge in [-0.05, 0) is 52.0 Å². The molecule has 1 saturated heterocycles. The third-order valence-corrected chi connectivity index (χ3v) is 5.77. The summed E-state index contributed by atoms with van der Waals surface area (Å²) in [7, 11) is 1.25. The van der Waals surface area contributed by atoms with Gasteiger partial charge in [-0.3, -0.25) is 4.79 Å². The minimum atomic E-state index is -0.612. The van der Waals surface area contributed by atoms with Crippen LogP contribution < -0.4 is 10.6 Å². The Labute approximate surface area is 194 Å². The van der Waals surface area contributed by atoms with Crippen molar-refractivity contribution in [2.75, 3.05) is 32.1 Å². The lowest BCUT2D eigenvalue weighted by Crippen LogP contribution is -2.59. The van der Waals surface area contributed by atoms with Crippen molar-refractivity contribution in [3.8, 4) is 0 Å². The van der Waals surface area contributed by atoms with E-state index in [0.717, 1.165) is 12.8 Å². The second-order valence-corrected chi connectivity index (χ2v) is 9.83. The minimum absolute atomic E-state index is 0.0573. The zero-order chi connectivity index (χ0) is 24.4. The Bertz CT molecular complexity index is 935. The van der Waals surface area contributed by atoms with Crippen LogP contribution in [0.3, 0.4) is 0 Å². The van der Waals surface area contributed by atoms with Gasteiger partial charge in [0.05, 0.1) is 31.4 Å². The fourth-order valence-electron chi connectivity index (χ4n) is 4.71. The zero-order valence-electron chi connectivity index (χ0n) is 19.9. The highest BCUT2D eigenvalue weighted by molar-refractivity contribution is 6.08. The second kappa shape index (κ2) is 9.52. The number of hydrogen-bond acceptors (Lipinski definition) is 8. The average molecular weight is 460 g/mol. The van der Waals surface area contributed by atoms with Crippen LogP contribution in [0.1, 0.15) is 50.9 Å². The maximum absolute atomic E-state index is 12.7. The number of esters is 2. The molecule has 0 saturated carbocycles. The van der Waals surface area contributed by atoms with Gasteiger partial charge in [-0.1, -0.05) is 0 Å². The van der Waals surface area contributed by atoms with Crippen LogP contribution in [0.2, 0.25) is 0 Å². The number of carbonyl (C=O) groups is 3. The molecule has 0 spiro atoms. The maximum Gasteiger partial charge on any atom is 0.338 e. The van der Waals surface area contributed by atoms with Crippen molar-refractivity contribution in [3.05, 3.63) is 41.1 Å². The molecule has 0 atom stereocenters. The number of carbonyl (C=O) groups excluding carboxylic acids is 3. The molecule has 1 aromatic rings. The summed E-state index contributed by atoms with van der Waals surface area (Å²) in [5.74, 6) is -1.41. The summed E-state index contributed by atoms with van der Waals surface area (Å²) in [5.41, 5.74) is 0.954. The van der Waals surface area contributed by atoms with E-state index >= 15 is 0 Å². The van der Waals surface area contributed by atoms with Crippen molar-refractivity contribution >= 4 is 23.5 Å². The number of nitrogens with zero attached hydrogens (tertiary/aromatic N) is 1. The van der Waals surface area contributed by atoms with E-state index in [4.69, 9.17) is 14.6 Å². The highest BCUT2D eigenvalue weighted by atomic mass is 16.5. The predicted molar refractivity (Wildman–Crippen MR) is 123 cm³/mol. The van der Waals surface area contributed by atoms with Crippen LogP contribution in [0, 0.1) is 0 Å². The minimum Gasteiger partial charge on any atom is -0.466 e. The number of hydrogen-bond donors (Lipinski definition) is 3. The molecule has 1 amide bonds. The van der Waals surface area contributed by atoms with Gasteiger partial charge in [0.2, 0.25) is 0 Å². The van der Waals surface area contributed by atoms with E-state index in [0.29, 0.717) is 11.3 Å². The lowest BCUT2D eigenvalue weighted by molar-refractivity contribution is -0.136. The molecule has 2 aliphatic heterocycles. The van der Waals surface area contributed by atoms with Crippen LogP contribution in [0.5, 0.6) is 0 Å². The van der Waals surface area contributed by atoms with Gasteiger partial charge in [0.15, 0.2) is 0 Å². The average Bonchev–Trinajstić information content (AvgIpc) is 3.01. The van der Waals surface area contributed by atoms with Crippen LogP contribution in [-0.2, 0) is 19.1 Å². The molecule has 2 aliphatic rings. The fraction of sp³-hybridized carbons (Fsp3) is 0.542. The number of ether oxygens (including phenoxy) is 2. The Morgan fingerprint density at radius 3 is 2.27 bits per heavy atom. The predicted octanol–water partition coefficient (Wildman–Crippen LogP) is 1.83. The van der Waals surface area contributed by atoms with Crippen molar-refractivity contribution in [2.24, 2.45) is 0 Å². The number of aliphatic hydroxyl groups excluding tert-OH is 1. The Balaban J connectivity index is 1.70. The van der Waals surface area contributed by atoms with Gasteiger partial charge in [0, 0.05) is 36.2 Å². The van der Waals surface area contributed by atoms with Crippen molar-refractivity contribution in [3.63, 3.8) is 0 Å². The number of rotatable bonds is 7. The van der Waals surface area contributed by atoms with Crippen LogP contribution in [0.25, 0.3) is 0 Å². The van der Waals surface area contributed by atoms with Gasteiger partial charge >= 0.3 is 11.9 Å². The third-order valence-electron chi connectivity index (χ3n) is 5.77. The molecular weight excluding hydrogens is 426 g/mol. The molecule has 0 aromatic heterocycles. The van der Waals surface area contributed by atoms with Crippen molar-refractivity contribution in [1.29, 1.82) is 0 Å². The van der Waals surface area contributed by atoms with E-state index in [1.807, 2.05) is 0 Å². The van der Waals surface area contributed by atoms with Gasteiger partial charge in [-0.25, -0.2) is 9.59 Å². The Kier molecular flexibility index (Phi) is 7.14. The second-order valence-electron chi connectivity index (χ2n) is 9.83. The number of amides is 1. The molecule has 3 rings (SSSR count). The molecule has 0 radical (unpaired) electrons. The molecule has 2 heterocycles. The van der Waals surface area contributed by atoms with Crippen LogP contribution >= 0.6 is 0 Å². The molecule has 1 fully saturated rings. The zero-order valence-corrected chi connectivity index (χ0v) is 19.9. The van der Waals surface area contributed by atoms with E-state index in [2.05, 4.69) is 38.3 Å². The SMILES string of the molecule is COC(=O)C1=C(Nc2ccc(C(=O)OC3CC(C)(C)NC(C)(C)C3)cc2)C(=O)N(CCO)C1. The normalized spacial score (nSPS) is 20.1. The van der Waals surface area contributed by atoms with Crippen molar-refractivity contribution < 1.29 is 29.0 Å². The van der Waals surface area contributed by atoms with Gasteiger partial charge in [-0.15, -0.1) is 0 Å². The lowest BCUT2D eigenvalue weighted by Gasteiger charge is -2.45. The van der Waals surface area contributed by atoms with Gasteiger partial charge in [-0.2, -0.15) is 0 Å². The molecule has 0 unspecified atom stereocenters. The van der Waals surface area contributed by atoms with Crippen LogP contribution in [0.4, 0.5) is 5.69 Å². The maximum atomic E-state index is 12.7. The number of piperidine rings is 1. The summed E-state index contributed by atoms with van der Waals surface area (Å²) >= 11 is 0. The highest BCUT2D eigenvalue weighted by Crippen LogP contribution is 2.31. The number of anilines is 1. The number of aliphatic hydroxyl groups is 1. The molecule has 33 heavy (non-hydrogen) atoms. The summed E-state index contributed by atoms with van der Waals surface area (Å²) in [6, 6.07) is 6.53. The first-order valence-corrected chi connectivity index (χ1v) is 11.0. The molecule has 9 heteroatoms. The first kappa shape index (κ1) is 24.7. The Hall–Kier alpha value is -2.91. The monoisotopic (exact) mass is 459 g/mol. The molecule has 0 bridgehead atoms. The van der Waals surface area contributed by atoms with Gasteiger partial charge in [0.25, 0.3) is 5.91 Å². The van der Waals surface area contributed by atoms with E-state index < -0.39 is 17.8 Å². The quantitative estimate of drug-likeness (QED) is 0.529. The molecule has 180 valence electrons. The fourth-order valence-corrected chi connectivity index (χ4v) is 4.71. The van der Waals surface area contributed by atoms with Gasteiger partial charge < -0.3 is 30.1 Å². The molecule has 0 aliphatic carbocycles. The van der Waals surface area contributed by atoms with E-state index in [1.54, 1.807) is 24.3 Å². The lowest BCUT2D eigenvalue weighted by atomic mass is 9.81. The summed E-state index contributed by atoms with van der Waals surface area (Å²) in [5, 5.41) is 15.7. The summed E-state index contributed by atoms with van der Waals surface area (Å²) in [6.07, 6.45) is 1.25. The number of benzene rings is 1. The highest BCUT2D eigenvalue weighted by Gasteiger charge is 2.39. The molecule has 3 N–H and O–H groups in total. The number of β-amino-alcohol motifs (C(OH)–C–C–N with tert-alkyl or cyclic N) is 1. The largest absolute Gasteiger partial charge is 0.466 e. The third kappa shape index (κ3) is 5.91. The summed E-state index contributed by atoms with van der Waals surface area (Å²) < 4.78 is 10.6. The summed E-state index contributed by atoms with van der Waals surface area (Å²) in [6.45, 7) is 8.34. The van der Waals surface area contributed by atoms with Gasteiger partial charge in [0.1, 0.15) is 11.8 Å². The smallest absolute Gasteiger partial charge is 0.338 e. The Morgan fingerprint density at radius 1 is 1.12 bits per heavy atom. The molecule has 1 aromatic carbocycles. The first-order valence-electron chi connectivity index (χ1n) is 11.0. The summed E-state index contributed by atoms with van der Waals surface area (Å²) in [4.78, 5) is 38.8. The van der Waals surface area contributed by atoms with Crippen LogP contribution in [-0.4, -0.2) is 71.8 Å². The van der Waals surface area contributed by atoms with E-state index in [1.165, 1.54) is 12.0 Å². The van der Waals surface area contributed by atoms with Crippen LogP contribution in [0.15, 0.2) is 35.5 Å². The standard InChI is InChI=1S/C24H33N3O6/c1-23(2)12-17(13-24(3,4)26-23)33-21(30)15-6-8-16(9-7-15)25-19-18(22(31)32-5)14-27(10-11-28)20(19)29/h6-9,17,25-26,28H,10-14H2,1-5H3. The van der Waals surface area contributed by atoms with E-state index in [9.17, 15) is 14.4 Å². The topological polar surface area (TPSA) is 117 Å². The first-order chi connectivity index (χ1) is 15.4. The van der Waals surface area contributed by atoms with E-state index in [-0.39, 0.29) is 48.1 Å². The number of methoxy groups -OCH3 is 1. The van der Waals surface area contributed by atoms with Crippen molar-refractivity contribution in [1.82, 2.24) is 10.2 Å². The molecular formula is C24H33N3O6. The van der Waals surface area contributed by atoms with Crippen molar-refractivity contribution in [2.45, 2.75) is 57.7 Å². The Morgan fingerprint density at radius 2 is 1.73 bits per heavy atom.